The Morgan fingerprint density at radius 3 is 1.75 bits per heavy atom. The van der Waals surface area contributed by atoms with E-state index in [4.69, 9.17) is 4.74 Å². The van der Waals surface area contributed by atoms with Gasteiger partial charge in [-0.3, -0.25) is 0 Å². The number of rotatable bonds is 7. The first-order valence-electron chi connectivity index (χ1n) is 11.3. The van der Waals surface area contributed by atoms with Crippen LogP contribution < -0.4 is 20.7 Å². The van der Waals surface area contributed by atoms with Crippen LogP contribution in [0.3, 0.4) is 0 Å². The van der Waals surface area contributed by atoms with Gasteiger partial charge in [-0.15, -0.1) is 0 Å². The van der Waals surface area contributed by atoms with E-state index in [2.05, 4.69) is 125 Å². The van der Waals surface area contributed by atoms with Gasteiger partial charge in [0.1, 0.15) is 23.2 Å². The van der Waals surface area contributed by atoms with E-state index in [-0.39, 0.29) is 0 Å². The van der Waals surface area contributed by atoms with Crippen molar-refractivity contribution in [2.24, 2.45) is 0 Å². The molecule has 0 amide bonds. The molecular formula is C30H32OP+. The van der Waals surface area contributed by atoms with E-state index >= 15 is 0 Å². The van der Waals surface area contributed by atoms with Gasteiger partial charge in [0, 0.05) is 0 Å². The molecule has 162 valence electrons. The molecule has 4 aromatic carbocycles. The maximum Gasteiger partial charge on any atom is 0.162 e. The van der Waals surface area contributed by atoms with Crippen molar-refractivity contribution < 1.29 is 4.74 Å². The van der Waals surface area contributed by atoms with Crippen molar-refractivity contribution in [3.05, 3.63) is 119 Å². The second-order valence-corrected chi connectivity index (χ2v) is 11.8. The number of benzene rings is 4. The topological polar surface area (TPSA) is 9.23 Å². The van der Waals surface area contributed by atoms with E-state index < -0.39 is 7.26 Å². The minimum absolute atomic E-state index is 0.656. The molecule has 0 N–H and O–H groups in total. The normalized spacial score (nSPS) is 11.4. The molecule has 4 rings (SSSR count). The lowest BCUT2D eigenvalue weighted by Gasteiger charge is -2.30. The molecule has 0 heterocycles. The molecule has 0 unspecified atom stereocenters. The minimum Gasteiger partial charge on any atom is -0.490 e. The van der Waals surface area contributed by atoms with Gasteiger partial charge in [-0.2, -0.15) is 0 Å². The van der Waals surface area contributed by atoms with Crippen LogP contribution in [0.4, 0.5) is 0 Å². The predicted molar refractivity (Wildman–Crippen MR) is 141 cm³/mol. The fourth-order valence-electron chi connectivity index (χ4n) is 4.60. The van der Waals surface area contributed by atoms with E-state index in [9.17, 15) is 0 Å². The summed E-state index contributed by atoms with van der Waals surface area (Å²) in [5.74, 6) is 0.999. The maximum atomic E-state index is 6.24. The van der Waals surface area contributed by atoms with Crippen molar-refractivity contribution in [1.82, 2.24) is 0 Å². The van der Waals surface area contributed by atoms with Gasteiger partial charge < -0.3 is 4.74 Å². The third-order valence-corrected chi connectivity index (χ3v) is 10.8. The van der Waals surface area contributed by atoms with Crippen molar-refractivity contribution in [3.63, 3.8) is 0 Å². The third-order valence-electron chi connectivity index (χ3n) is 6.47. The zero-order valence-electron chi connectivity index (χ0n) is 19.5. The quantitative estimate of drug-likeness (QED) is 0.299. The Morgan fingerprint density at radius 1 is 0.625 bits per heavy atom. The second kappa shape index (κ2) is 9.72. The lowest BCUT2D eigenvalue weighted by atomic mass is 10.00. The van der Waals surface area contributed by atoms with Crippen LogP contribution in [-0.4, -0.2) is 6.61 Å². The Kier molecular flexibility index (Phi) is 6.77. The molecule has 0 bridgehead atoms. The first-order valence-corrected chi connectivity index (χ1v) is 13.3. The van der Waals surface area contributed by atoms with E-state index in [1.54, 1.807) is 0 Å². The zero-order chi connectivity index (χ0) is 22.6. The standard InChI is InChI=1S/C30H32OP/c1-5-31-29-18-12-13-19-30(29)32(26-14-8-6-9-15-26,27-16-10-7-11-17-27)22-28-24(3)21-20-23(2)25(28)4/h6-21H,5,22H2,1-4H3/q+1. The molecule has 4 aromatic rings. The Bertz CT molecular complexity index is 1140. The summed E-state index contributed by atoms with van der Waals surface area (Å²) >= 11 is 0. The lowest BCUT2D eigenvalue weighted by Crippen LogP contribution is -2.33. The highest BCUT2D eigenvalue weighted by Crippen LogP contribution is 2.60. The highest BCUT2D eigenvalue weighted by Gasteiger charge is 2.48. The number of hydrogen-bond acceptors (Lipinski definition) is 1. The summed E-state index contributed by atoms with van der Waals surface area (Å²) in [4.78, 5) is 0. The van der Waals surface area contributed by atoms with Gasteiger partial charge >= 0.3 is 0 Å². The molecule has 2 heteroatoms. The number of hydrogen-bond donors (Lipinski definition) is 0. The van der Waals surface area contributed by atoms with Crippen LogP contribution in [0, 0.1) is 20.8 Å². The fourth-order valence-corrected chi connectivity index (χ4v) is 9.17. The zero-order valence-corrected chi connectivity index (χ0v) is 20.4. The Hall–Kier alpha value is -2.89. The molecular weight excluding hydrogens is 407 g/mol. The number of aryl methyl sites for hydroxylation is 2. The van der Waals surface area contributed by atoms with Gasteiger partial charge in [0.2, 0.25) is 0 Å². The van der Waals surface area contributed by atoms with Crippen LogP contribution in [0.15, 0.2) is 97.1 Å². The van der Waals surface area contributed by atoms with Gasteiger partial charge in [-0.1, -0.05) is 60.7 Å². The van der Waals surface area contributed by atoms with Gasteiger partial charge in [0.25, 0.3) is 0 Å². The van der Waals surface area contributed by atoms with Crippen LogP contribution >= 0.6 is 7.26 Å². The summed E-state index contributed by atoms with van der Waals surface area (Å²) in [6.45, 7) is 9.47. The first kappa shape index (κ1) is 22.3. The molecule has 0 aliphatic heterocycles. The summed E-state index contributed by atoms with van der Waals surface area (Å²) < 4.78 is 6.24. The molecule has 0 aliphatic rings. The van der Waals surface area contributed by atoms with Crippen LogP contribution in [0.1, 0.15) is 29.2 Å². The molecule has 0 spiro atoms. The predicted octanol–water partition coefficient (Wildman–Crippen LogP) is 6.50. The largest absolute Gasteiger partial charge is 0.490 e. The smallest absolute Gasteiger partial charge is 0.162 e. The monoisotopic (exact) mass is 439 g/mol. The van der Waals surface area contributed by atoms with Crippen LogP contribution in [0.2, 0.25) is 0 Å². The fraction of sp³-hybridized carbons (Fsp3) is 0.200. The lowest BCUT2D eigenvalue weighted by molar-refractivity contribution is 0.343. The van der Waals surface area contributed by atoms with Crippen molar-refractivity contribution in [3.8, 4) is 5.75 Å². The van der Waals surface area contributed by atoms with Gasteiger partial charge in [0.15, 0.2) is 5.75 Å². The first-order chi connectivity index (χ1) is 15.6. The third kappa shape index (κ3) is 4.10. The molecule has 1 nitrogen and oxygen atoms in total. The minimum atomic E-state index is -2.04. The highest BCUT2D eigenvalue weighted by atomic mass is 31.2. The van der Waals surface area contributed by atoms with E-state index in [1.165, 1.54) is 38.2 Å². The molecule has 0 saturated heterocycles. The van der Waals surface area contributed by atoms with Gasteiger partial charge in [0.05, 0.1) is 12.8 Å². The molecule has 0 saturated carbocycles. The summed E-state index contributed by atoms with van der Waals surface area (Å²) in [5, 5.41) is 4.09. The summed E-state index contributed by atoms with van der Waals surface area (Å²) in [7, 11) is -2.04. The number of ether oxygens (including phenoxy) is 1. The van der Waals surface area contributed by atoms with E-state index in [0.29, 0.717) is 6.61 Å². The Morgan fingerprint density at radius 2 is 1.16 bits per heavy atom. The molecule has 0 radical (unpaired) electrons. The summed E-state index contributed by atoms with van der Waals surface area (Å²) in [5.41, 5.74) is 5.56. The molecule has 0 fully saturated rings. The van der Waals surface area contributed by atoms with Gasteiger partial charge in [-0.05, 0) is 86.3 Å². The maximum absolute atomic E-state index is 6.24. The molecule has 32 heavy (non-hydrogen) atoms. The second-order valence-electron chi connectivity index (χ2n) is 8.34. The average Bonchev–Trinajstić information content (AvgIpc) is 2.84. The van der Waals surface area contributed by atoms with Crippen LogP contribution in [0.5, 0.6) is 5.75 Å². The molecule has 0 aromatic heterocycles. The highest BCUT2D eigenvalue weighted by molar-refractivity contribution is 7.95. The van der Waals surface area contributed by atoms with E-state index in [1.807, 2.05) is 0 Å². The Labute approximate surface area is 193 Å². The molecule has 0 atom stereocenters. The molecule has 0 aliphatic carbocycles. The van der Waals surface area contributed by atoms with Crippen molar-refractivity contribution in [2.75, 3.05) is 6.61 Å². The van der Waals surface area contributed by atoms with Gasteiger partial charge in [-0.25, -0.2) is 0 Å². The Balaban J connectivity index is 2.09. The average molecular weight is 440 g/mol. The van der Waals surface area contributed by atoms with Crippen molar-refractivity contribution in [2.45, 2.75) is 33.9 Å². The van der Waals surface area contributed by atoms with E-state index in [0.717, 1.165) is 11.9 Å². The van der Waals surface area contributed by atoms with Crippen LogP contribution in [-0.2, 0) is 6.16 Å². The van der Waals surface area contributed by atoms with Crippen molar-refractivity contribution in [1.29, 1.82) is 0 Å². The SMILES string of the molecule is CCOc1ccccc1[P+](Cc1c(C)ccc(C)c1C)(c1ccccc1)c1ccccc1. The summed E-state index contributed by atoms with van der Waals surface area (Å²) in [6.07, 6.45) is 0.977. The summed E-state index contributed by atoms with van der Waals surface area (Å²) in [6, 6.07) is 35.3. The van der Waals surface area contributed by atoms with Crippen LogP contribution in [0.25, 0.3) is 0 Å². The van der Waals surface area contributed by atoms with Crippen molar-refractivity contribution >= 4 is 23.2 Å². The number of para-hydroxylation sites is 1.